The highest BCUT2D eigenvalue weighted by Gasteiger charge is 2.31. The van der Waals surface area contributed by atoms with Gasteiger partial charge < -0.3 is 10.2 Å². The smallest absolute Gasteiger partial charge is 0.243 e. The fraction of sp³-hybridized carbons (Fsp3) is 0.310. The highest BCUT2D eigenvalue weighted by atomic mass is 35.5. The Hall–Kier alpha value is -1.89. The number of nitrogens with one attached hydrogen (secondary N) is 1. The maximum Gasteiger partial charge on any atom is 0.243 e. The molecule has 2 atom stereocenters. The molecule has 3 aromatic rings. The number of carbonyl (C=O) groups is 2. The Morgan fingerprint density at radius 2 is 1.55 bits per heavy atom. The van der Waals surface area contributed by atoms with Crippen molar-refractivity contribution in [1.29, 1.82) is 0 Å². The Bertz CT molecular complexity index is 1220. The van der Waals surface area contributed by atoms with Gasteiger partial charge in [-0.3, -0.25) is 9.59 Å². The van der Waals surface area contributed by atoms with E-state index in [1.54, 1.807) is 35.2 Å². The van der Waals surface area contributed by atoms with Gasteiger partial charge >= 0.3 is 0 Å². The molecule has 0 aliphatic heterocycles. The Morgan fingerprint density at radius 1 is 0.868 bits per heavy atom. The minimum Gasteiger partial charge on any atom is -0.352 e. The van der Waals surface area contributed by atoms with E-state index in [1.807, 2.05) is 50.2 Å². The van der Waals surface area contributed by atoms with Crippen LogP contribution in [0.15, 0.2) is 66.7 Å². The highest BCUT2D eigenvalue weighted by molar-refractivity contribution is 7.99. The number of rotatable bonds is 12. The molecule has 0 radical (unpaired) electrons. The van der Waals surface area contributed by atoms with Crippen molar-refractivity contribution in [1.82, 2.24) is 10.2 Å². The Labute approximate surface area is 249 Å². The number of carbonyl (C=O) groups excluding carboxylic acids is 2. The SMILES string of the molecule is CC[C@@H](C)NC(=O)[C@@H](Cc1ccccc1)N(Cc1ccc(Cl)c(Cl)c1)C(=O)CSCc1c(Cl)cccc1Cl. The summed E-state index contributed by atoms with van der Waals surface area (Å²) in [7, 11) is 0. The largest absolute Gasteiger partial charge is 0.352 e. The second-order valence-corrected chi connectivity index (χ2v) is 11.6. The lowest BCUT2D eigenvalue weighted by molar-refractivity contribution is -0.139. The molecule has 0 unspecified atom stereocenters. The third kappa shape index (κ3) is 8.82. The van der Waals surface area contributed by atoms with E-state index in [9.17, 15) is 9.59 Å². The number of nitrogens with zero attached hydrogens (tertiary/aromatic N) is 1. The number of halogens is 4. The number of benzene rings is 3. The molecule has 0 aliphatic carbocycles. The van der Waals surface area contributed by atoms with Gasteiger partial charge in [0.15, 0.2) is 0 Å². The molecular weight excluding hydrogens is 582 g/mol. The van der Waals surface area contributed by atoms with Crippen LogP contribution in [-0.2, 0) is 28.3 Å². The molecule has 9 heteroatoms. The van der Waals surface area contributed by atoms with Gasteiger partial charge in [-0.05, 0) is 54.3 Å². The number of hydrogen-bond donors (Lipinski definition) is 1. The van der Waals surface area contributed by atoms with E-state index >= 15 is 0 Å². The summed E-state index contributed by atoms with van der Waals surface area (Å²) in [5.74, 6) is 0.234. The molecule has 1 N–H and O–H groups in total. The average Bonchev–Trinajstić information content (AvgIpc) is 2.90. The maximum absolute atomic E-state index is 13.8. The molecule has 0 bridgehead atoms. The van der Waals surface area contributed by atoms with Crippen LogP contribution in [0.5, 0.6) is 0 Å². The topological polar surface area (TPSA) is 49.4 Å². The van der Waals surface area contributed by atoms with Crippen molar-refractivity contribution in [3.05, 3.63) is 104 Å². The average molecular weight is 612 g/mol. The first-order valence-corrected chi connectivity index (χ1v) is 14.9. The van der Waals surface area contributed by atoms with Gasteiger partial charge in [-0.25, -0.2) is 0 Å². The Balaban J connectivity index is 1.90. The molecule has 0 aliphatic rings. The van der Waals surface area contributed by atoms with Gasteiger partial charge in [-0.2, -0.15) is 0 Å². The zero-order valence-corrected chi connectivity index (χ0v) is 25.1. The van der Waals surface area contributed by atoms with Crippen molar-refractivity contribution in [3.8, 4) is 0 Å². The first-order valence-electron chi connectivity index (χ1n) is 12.3. The molecule has 4 nitrogen and oxygen atoms in total. The molecule has 0 spiro atoms. The van der Waals surface area contributed by atoms with Crippen LogP contribution in [-0.4, -0.2) is 34.6 Å². The molecule has 3 rings (SSSR count). The summed E-state index contributed by atoms with van der Waals surface area (Å²) in [5, 5.41) is 5.00. The zero-order chi connectivity index (χ0) is 27.7. The first-order chi connectivity index (χ1) is 18.2. The summed E-state index contributed by atoms with van der Waals surface area (Å²) in [6, 6.07) is 19.5. The van der Waals surface area contributed by atoms with Gasteiger partial charge in [-0.15, -0.1) is 11.8 Å². The lowest BCUT2D eigenvalue weighted by Crippen LogP contribution is -2.52. The van der Waals surface area contributed by atoms with Crippen LogP contribution in [0.2, 0.25) is 20.1 Å². The van der Waals surface area contributed by atoms with Gasteiger partial charge in [0.05, 0.1) is 15.8 Å². The minimum atomic E-state index is -0.724. The molecule has 202 valence electrons. The lowest BCUT2D eigenvalue weighted by atomic mass is 10.0. The van der Waals surface area contributed by atoms with Crippen LogP contribution in [0, 0.1) is 0 Å². The second-order valence-electron chi connectivity index (χ2n) is 8.99. The predicted octanol–water partition coefficient (Wildman–Crippen LogP) is 8.09. The van der Waals surface area contributed by atoms with Crippen LogP contribution in [0.25, 0.3) is 0 Å². The van der Waals surface area contributed by atoms with E-state index in [0.717, 1.165) is 23.1 Å². The Morgan fingerprint density at radius 3 is 2.18 bits per heavy atom. The molecular formula is C29H30Cl4N2O2S. The van der Waals surface area contributed by atoms with E-state index in [0.29, 0.717) is 32.3 Å². The molecule has 38 heavy (non-hydrogen) atoms. The fourth-order valence-electron chi connectivity index (χ4n) is 3.82. The van der Waals surface area contributed by atoms with E-state index in [-0.39, 0.29) is 30.2 Å². The summed E-state index contributed by atoms with van der Waals surface area (Å²) in [5.41, 5.74) is 2.51. The van der Waals surface area contributed by atoms with Crippen molar-refractivity contribution < 1.29 is 9.59 Å². The summed E-state index contributed by atoms with van der Waals surface area (Å²) in [4.78, 5) is 28.9. The summed E-state index contributed by atoms with van der Waals surface area (Å²) in [6.45, 7) is 4.16. The third-order valence-electron chi connectivity index (χ3n) is 6.14. The molecule has 0 saturated heterocycles. The van der Waals surface area contributed by atoms with Crippen molar-refractivity contribution in [2.24, 2.45) is 0 Å². The van der Waals surface area contributed by atoms with Gasteiger partial charge in [0.1, 0.15) is 6.04 Å². The number of hydrogen-bond acceptors (Lipinski definition) is 3. The molecule has 0 fully saturated rings. The number of amides is 2. The van der Waals surface area contributed by atoms with Crippen LogP contribution in [0.4, 0.5) is 0 Å². The number of thioether (sulfide) groups is 1. The van der Waals surface area contributed by atoms with Crippen LogP contribution >= 0.6 is 58.2 Å². The van der Waals surface area contributed by atoms with Crippen molar-refractivity contribution in [3.63, 3.8) is 0 Å². The van der Waals surface area contributed by atoms with Gasteiger partial charge in [0.25, 0.3) is 0 Å². The van der Waals surface area contributed by atoms with Crippen LogP contribution in [0.1, 0.15) is 37.0 Å². The third-order valence-corrected chi connectivity index (χ3v) is 8.53. The first kappa shape index (κ1) is 30.6. The maximum atomic E-state index is 13.8. The van der Waals surface area contributed by atoms with Crippen LogP contribution in [0.3, 0.4) is 0 Å². The normalized spacial score (nSPS) is 12.6. The Kier molecular flexibility index (Phi) is 12.1. The molecule has 3 aromatic carbocycles. The molecule has 0 heterocycles. The standard InChI is InChI=1S/C29H30Cl4N2O2S/c1-3-19(2)34-29(37)27(15-20-8-5-4-6-9-20)35(16-21-12-13-25(32)26(33)14-21)28(36)18-38-17-22-23(30)10-7-11-24(22)31/h4-14,19,27H,3,15-18H2,1-2H3,(H,34,37)/t19-,27-/m1/s1. The summed E-state index contributed by atoms with van der Waals surface area (Å²) in [6.07, 6.45) is 1.15. The van der Waals surface area contributed by atoms with E-state index in [4.69, 9.17) is 46.4 Å². The van der Waals surface area contributed by atoms with Crippen LogP contribution < -0.4 is 5.32 Å². The predicted molar refractivity (Wildman–Crippen MR) is 161 cm³/mol. The van der Waals surface area contributed by atoms with Gasteiger partial charge in [-0.1, -0.05) is 95.8 Å². The fourth-order valence-corrected chi connectivity index (χ4v) is 5.79. The molecule has 0 saturated carbocycles. The quantitative estimate of drug-likeness (QED) is 0.225. The zero-order valence-electron chi connectivity index (χ0n) is 21.2. The monoisotopic (exact) mass is 610 g/mol. The van der Waals surface area contributed by atoms with Gasteiger partial charge in [0.2, 0.25) is 11.8 Å². The lowest BCUT2D eigenvalue weighted by Gasteiger charge is -2.32. The summed E-state index contributed by atoms with van der Waals surface area (Å²) < 4.78 is 0. The summed E-state index contributed by atoms with van der Waals surface area (Å²) >= 11 is 26.4. The molecule has 2 amide bonds. The highest BCUT2D eigenvalue weighted by Crippen LogP contribution is 2.29. The van der Waals surface area contributed by atoms with E-state index in [2.05, 4.69) is 5.32 Å². The van der Waals surface area contributed by atoms with Crippen molar-refractivity contribution in [2.45, 2.75) is 51.1 Å². The molecule has 0 aromatic heterocycles. The van der Waals surface area contributed by atoms with Crippen molar-refractivity contribution in [2.75, 3.05) is 5.75 Å². The minimum absolute atomic E-state index is 0.0283. The van der Waals surface area contributed by atoms with Crippen molar-refractivity contribution >= 4 is 70.0 Å². The van der Waals surface area contributed by atoms with E-state index in [1.165, 1.54) is 11.8 Å². The van der Waals surface area contributed by atoms with Gasteiger partial charge in [0, 0.05) is 34.8 Å². The second kappa shape index (κ2) is 15.0. The van der Waals surface area contributed by atoms with E-state index < -0.39 is 6.04 Å².